The largest absolute Gasteiger partial charge is 0.371 e. The summed E-state index contributed by atoms with van der Waals surface area (Å²) in [4.78, 5) is 21.7. The summed E-state index contributed by atoms with van der Waals surface area (Å²) in [6, 6.07) is 25.8. The second-order valence-corrected chi connectivity index (χ2v) is 15.3. The van der Waals surface area contributed by atoms with Gasteiger partial charge in [-0.1, -0.05) is 43.1 Å². The number of halogens is 2. The van der Waals surface area contributed by atoms with Crippen LogP contribution >= 0.6 is 23.3 Å². The van der Waals surface area contributed by atoms with Crippen molar-refractivity contribution in [2.24, 2.45) is 0 Å². The van der Waals surface area contributed by atoms with Crippen molar-refractivity contribution in [1.82, 2.24) is 19.9 Å². The molecular weight excluding hydrogens is 683 g/mol. The number of benzene rings is 3. The van der Waals surface area contributed by atoms with Crippen LogP contribution in [0.5, 0.6) is 0 Å². The van der Waals surface area contributed by atoms with Crippen molar-refractivity contribution in [2.75, 3.05) is 71.4 Å². The number of piperazine rings is 1. The molecule has 2 aliphatic heterocycles. The molecule has 0 saturated carbocycles. The van der Waals surface area contributed by atoms with E-state index in [4.69, 9.17) is 9.97 Å². The van der Waals surface area contributed by atoms with Gasteiger partial charge in [-0.25, -0.2) is 23.7 Å². The average molecular weight is 727 g/mol. The van der Waals surface area contributed by atoms with Gasteiger partial charge in [-0.15, -0.1) is 11.3 Å². The lowest BCUT2D eigenvalue weighted by Gasteiger charge is -2.42. The minimum atomic E-state index is -1.13. The quantitative estimate of drug-likeness (QED) is 0.0968. The number of thiazole rings is 1. The number of anilines is 5. The molecule has 5 aromatic rings. The van der Waals surface area contributed by atoms with Gasteiger partial charge < -0.3 is 19.8 Å². The van der Waals surface area contributed by atoms with Gasteiger partial charge in [0, 0.05) is 93.2 Å². The van der Waals surface area contributed by atoms with Gasteiger partial charge in [-0.3, -0.25) is 4.90 Å². The lowest BCUT2D eigenvalue weighted by atomic mass is 9.92. The number of nitrogens with one attached hydrogen (secondary N) is 2. The molecule has 0 radical (unpaired) electrons. The van der Waals surface area contributed by atoms with E-state index < -0.39 is 5.67 Å². The molecule has 4 heterocycles. The van der Waals surface area contributed by atoms with Crippen molar-refractivity contribution in [2.45, 2.75) is 38.8 Å². The van der Waals surface area contributed by atoms with Gasteiger partial charge in [-0.2, -0.15) is 0 Å². The number of rotatable bonds is 12. The van der Waals surface area contributed by atoms with E-state index >= 15 is 8.78 Å². The van der Waals surface area contributed by atoms with Crippen LogP contribution in [0.15, 0.2) is 85.1 Å². The summed E-state index contributed by atoms with van der Waals surface area (Å²) in [6.07, 6.45) is 3.84. The molecule has 2 N–H and O–H groups in total. The molecule has 2 aromatic heterocycles. The number of para-hydroxylation sites is 1. The Kier molecular flexibility index (Phi) is 11.0. The van der Waals surface area contributed by atoms with Crippen molar-refractivity contribution in [3.8, 4) is 21.8 Å². The van der Waals surface area contributed by atoms with Crippen LogP contribution in [0, 0.1) is 12.7 Å². The molecular formula is C39H44F2N8S2. The molecule has 0 bridgehead atoms. The number of piperidine rings is 1. The first-order valence-electron chi connectivity index (χ1n) is 17.7. The van der Waals surface area contributed by atoms with E-state index in [0.717, 1.165) is 72.7 Å². The molecule has 0 atom stereocenters. The number of alkyl halides is 1. The van der Waals surface area contributed by atoms with Gasteiger partial charge in [0.05, 0.1) is 27.0 Å². The summed E-state index contributed by atoms with van der Waals surface area (Å²) in [6.45, 7) is 9.44. The predicted octanol–water partition coefficient (Wildman–Crippen LogP) is 9.06. The average Bonchev–Trinajstić information content (AvgIpc) is 3.55. The Bertz CT molecular complexity index is 1890. The summed E-state index contributed by atoms with van der Waals surface area (Å²) < 4.78 is 34.6. The molecule has 0 amide bonds. The Morgan fingerprint density at radius 1 is 0.843 bits per heavy atom. The zero-order chi connectivity index (χ0) is 35.2. The molecule has 51 heavy (non-hydrogen) atoms. The summed E-state index contributed by atoms with van der Waals surface area (Å²) in [5.41, 5.74) is 4.19. The Labute approximate surface area is 307 Å². The molecule has 3 aromatic carbocycles. The predicted molar refractivity (Wildman–Crippen MR) is 210 cm³/mol. The minimum Gasteiger partial charge on any atom is -0.371 e. The fourth-order valence-corrected chi connectivity index (χ4v) is 8.29. The van der Waals surface area contributed by atoms with Crippen LogP contribution < -0.4 is 19.8 Å². The minimum absolute atomic E-state index is 0.326. The molecule has 8 nitrogen and oxygen atoms in total. The highest BCUT2D eigenvalue weighted by molar-refractivity contribution is 8.00. The van der Waals surface area contributed by atoms with Crippen LogP contribution in [0.2, 0.25) is 0 Å². The third kappa shape index (κ3) is 8.45. The van der Waals surface area contributed by atoms with E-state index in [1.807, 2.05) is 49.4 Å². The van der Waals surface area contributed by atoms with Crippen LogP contribution in [-0.4, -0.2) is 77.1 Å². The maximum Gasteiger partial charge on any atom is 0.227 e. The zero-order valence-electron chi connectivity index (χ0n) is 29.1. The van der Waals surface area contributed by atoms with Gasteiger partial charge in [0.15, 0.2) is 5.82 Å². The fourth-order valence-electron chi connectivity index (χ4n) is 6.77. The van der Waals surface area contributed by atoms with Crippen molar-refractivity contribution in [3.63, 3.8) is 0 Å². The third-order valence-corrected chi connectivity index (χ3v) is 11.5. The summed E-state index contributed by atoms with van der Waals surface area (Å²) >= 11 is 2.98. The van der Waals surface area contributed by atoms with E-state index in [1.165, 1.54) is 29.0 Å². The number of aromatic nitrogens is 3. The molecule has 0 unspecified atom stereocenters. The number of aryl methyl sites for hydroxylation is 1. The Morgan fingerprint density at radius 2 is 1.57 bits per heavy atom. The normalized spacial score (nSPS) is 16.3. The summed E-state index contributed by atoms with van der Waals surface area (Å²) in [7, 11) is 0. The first-order chi connectivity index (χ1) is 24.9. The van der Waals surface area contributed by atoms with Gasteiger partial charge in [0.25, 0.3) is 0 Å². The second-order valence-electron chi connectivity index (χ2n) is 13.2. The summed E-state index contributed by atoms with van der Waals surface area (Å²) in [5.74, 6) is 1.01. The molecule has 0 aliphatic carbocycles. The van der Waals surface area contributed by atoms with Crippen molar-refractivity contribution < 1.29 is 8.78 Å². The van der Waals surface area contributed by atoms with E-state index in [1.54, 1.807) is 18.3 Å². The second kappa shape index (κ2) is 16.0. The van der Waals surface area contributed by atoms with Gasteiger partial charge in [0.2, 0.25) is 5.95 Å². The lowest BCUT2D eigenvalue weighted by Crippen LogP contribution is -2.53. The number of nitrogens with zero attached hydrogens (tertiary/aromatic N) is 6. The van der Waals surface area contributed by atoms with Gasteiger partial charge in [0.1, 0.15) is 5.67 Å². The lowest BCUT2D eigenvalue weighted by molar-refractivity contribution is 0.0649. The standard InChI is InChI=1S/C39H44F2N8S2/c1-3-26-50-46-33-11-7-10-32(35(33)40)36-37(51-28(2)43-36)34-16-19-42-38(45-34)44-29-12-14-31(15-13-29)49-24-22-47(23-25-49)27-39(41)17-20-48(21-18-39)30-8-5-4-6-9-30/h4-16,19,46H,3,17-18,20-27H2,1-2H3,(H,42,44,45). The highest BCUT2D eigenvalue weighted by Crippen LogP contribution is 2.39. The molecule has 12 heteroatoms. The maximum atomic E-state index is 15.9. The van der Waals surface area contributed by atoms with Gasteiger partial charge in [-0.05, 0) is 67.9 Å². The topological polar surface area (TPSA) is 72.5 Å². The zero-order valence-corrected chi connectivity index (χ0v) is 30.7. The third-order valence-electron chi connectivity index (χ3n) is 9.51. The van der Waals surface area contributed by atoms with Crippen LogP contribution in [-0.2, 0) is 0 Å². The van der Waals surface area contributed by atoms with E-state index in [9.17, 15) is 0 Å². The fraction of sp³-hybridized carbons (Fsp3) is 0.359. The molecule has 266 valence electrons. The Balaban J connectivity index is 0.950. The van der Waals surface area contributed by atoms with Crippen LogP contribution in [0.25, 0.3) is 21.8 Å². The number of hydrogen-bond acceptors (Lipinski definition) is 10. The van der Waals surface area contributed by atoms with Crippen LogP contribution in [0.3, 0.4) is 0 Å². The van der Waals surface area contributed by atoms with Crippen molar-refractivity contribution in [1.29, 1.82) is 0 Å². The highest BCUT2D eigenvalue weighted by Gasteiger charge is 2.37. The number of hydrogen-bond donors (Lipinski definition) is 2. The highest BCUT2D eigenvalue weighted by atomic mass is 32.2. The monoisotopic (exact) mass is 726 g/mol. The van der Waals surface area contributed by atoms with Gasteiger partial charge >= 0.3 is 0 Å². The van der Waals surface area contributed by atoms with Crippen molar-refractivity contribution in [3.05, 3.63) is 95.9 Å². The molecule has 2 fully saturated rings. The van der Waals surface area contributed by atoms with Crippen LogP contribution in [0.1, 0.15) is 31.2 Å². The SMILES string of the molecule is CCCSNc1cccc(-c2nc(C)sc2-c2ccnc(Nc3ccc(N4CCN(CC5(F)CCN(c6ccccc6)CC5)CC4)cc3)n2)c1F. The molecule has 0 spiro atoms. The summed E-state index contributed by atoms with van der Waals surface area (Å²) in [5, 5.41) is 4.16. The smallest absolute Gasteiger partial charge is 0.227 e. The first-order valence-corrected chi connectivity index (χ1v) is 19.5. The van der Waals surface area contributed by atoms with E-state index in [2.05, 4.69) is 60.9 Å². The van der Waals surface area contributed by atoms with E-state index in [0.29, 0.717) is 48.0 Å². The van der Waals surface area contributed by atoms with Crippen LogP contribution in [0.4, 0.5) is 37.5 Å². The Hall–Kier alpha value is -4.26. The molecule has 7 rings (SSSR count). The van der Waals surface area contributed by atoms with Crippen molar-refractivity contribution >= 4 is 52.0 Å². The maximum absolute atomic E-state index is 15.9. The molecule has 2 saturated heterocycles. The molecule has 2 aliphatic rings. The van der Waals surface area contributed by atoms with E-state index in [-0.39, 0.29) is 5.82 Å². The first kappa shape index (κ1) is 35.2. The Morgan fingerprint density at radius 3 is 2.31 bits per heavy atom.